The lowest BCUT2D eigenvalue weighted by molar-refractivity contribution is 0.156. The molecular formula is C13H18Cl2O. The molecule has 1 aromatic rings. The number of hydrogen-bond acceptors (Lipinski definition) is 1. The zero-order valence-electron chi connectivity index (χ0n) is 9.71. The number of aliphatic hydroxyl groups is 1. The van der Waals surface area contributed by atoms with Gasteiger partial charge in [0.05, 0.1) is 6.10 Å². The van der Waals surface area contributed by atoms with Crippen LogP contribution in [0, 0.1) is 0 Å². The number of rotatable bonds is 5. The molecule has 2 unspecified atom stereocenters. The minimum atomic E-state index is -0.384. The van der Waals surface area contributed by atoms with Crippen molar-refractivity contribution in [2.45, 2.75) is 45.1 Å². The number of halogens is 2. The van der Waals surface area contributed by atoms with Crippen LogP contribution in [-0.4, -0.2) is 11.2 Å². The zero-order valence-corrected chi connectivity index (χ0v) is 11.2. The van der Waals surface area contributed by atoms with Crippen LogP contribution in [0.4, 0.5) is 0 Å². The first kappa shape index (κ1) is 13.8. The summed E-state index contributed by atoms with van der Waals surface area (Å²) >= 11 is 12.0. The standard InChI is InChI=1S/C13H18Cl2O/c1-3-4-5-11(9(2)16)12-7-6-10(14)8-13(12)15/h6-9,11,16H,3-5H2,1-2H3. The van der Waals surface area contributed by atoms with Gasteiger partial charge in [-0.1, -0.05) is 49.0 Å². The second-order valence-electron chi connectivity index (χ2n) is 4.16. The van der Waals surface area contributed by atoms with E-state index in [1.54, 1.807) is 6.07 Å². The summed E-state index contributed by atoms with van der Waals surface area (Å²) in [5.41, 5.74) is 0.995. The van der Waals surface area contributed by atoms with Crippen molar-refractivity contribution in [2.75, 3.05) is 0 Å². The molecule has 0 saturated carbocycles. The lowest BCUT2D eigenvalue weighted by Gasteiger charge is -2.21. The number of unbranched alkanes of at least 4 members (excludes halogenated alkanes) is 1. The van der Waals surface area contributed by atoms with Crippen LogP contribution in [-0.2, 0) is 0 Å². The minimum Gasteiger partial charge on any atom is -0.393 e. The summed E-state index contributed by atoms with van der Waals surface area (Å²) in [5, 5.41) is 11.1. The molecule has 90 valence electrons. The molecule has 0 fully saturated rings. The Morgan fingerprint density at radius 2 is 2.00 bits per heavy atom. The number of aliphatic hydroxyl groups excluding tert-OH is 1. The van der Waals surface area contributed by atoms with E-state index in [1.165, 1.54) is 0 Å². The summed E-state index contributed by atoms with van der Waals surface area (Å²) in [5.74, 6) is 0.102. The zero-order chi connectivity index (χ0) is 12.1. The summed E-state index contributed by atoms with van der Waals surface area (Å²) in [4.78, 5) is 0. The van der Waals surface area contributed by atoms with Gasteiger partial charge in [0.15, 0.2) is 0 Å². The largest absolute Gasteiger partial charge is 0.393 e. The Morgan fingerprint density at radius 3 is 2.50 bits per heavy atom. The number of hydrogen-bond donors (Lipinski definition) is 1. The average Bonchev–Trinajstić information content (AvgIpc) is 2.20. The normalized spacial score (nSPS) is 14.8. The van der Waals surface area contributed by atoms with Gasteiger partial charge >= 0.3 is 0 Å². The fourth-order valence-electron chi connectivity index (χ4n) is 1.88. The quantitative estimate of drug-likeness (QED) is 0.818. The third-order valence-electron chi connectivity index (χ3n) is 2.81. The Bertz CT molecular complexity index is 337. The van der Waals surface area contributed by atoms with E-state index >= 15 is 0 Å². The predicted octanol–water partition coefficient (Wildman–Crippen LogP) is 4.65. The topological polar surface area (TPSA) is 20.2 Å². The summed E-state index contributed by atoms with van der Waals surface area (Å²) in [6.45, 7) is 3.95. The van der Waals surface area contributed by atoms with Crippen molar-refractivity contribution in [1.29, 1.82) is 0 Å². The molecule has 0 heterocycles. The molecule has 1 aromatic carbocycles. The highest BCUT2D eigenvalue weighted by Gasteiger charge is 2.19. The molecule has 0 aromatic heterocycles. The highest BCUT2D eigenvalue weighted by Crippen LogP contribution is 2.32. The van der Waals surface area contributed by atoms with E-state index in [-0.39, 0.29) is 12.0 Å². The molecule has 0 aliphatic rings. The molecule has 0 amide bonds. The SMILES string of the molecule is CCCCC(c1ccc(Cl)cc1Cl)C(C)O. The fourth-order valence-corrected chi connectivity index (χ4v) is 2.43. The van der Waals surface area contributed by atoms with Crippen molar-refractivity contribution in [3.8, 4) is 0 Å². The van der Waals surface area contributed by atoms with E-state index < -0.39 is 0 Å². The molecule has 16 heavy (non-hydrogen) atoms. The summed E-state index contributed by atoms with van der Waals surface area (Å²) < 4.78 is 0. The van der Waals surface area contributed by atoms with Crippen LogP contribution in [0.1, 0.15) is 44.6 Å². The van der Waals surface area contributed by atoms with E-state index in [0.717, 1.165) is 24.8 Å². The van der Waals surface area contributed by atoms with Crippen molar-refractivity contribution >= 4 is 23.2 Å². The third kappa shape index (κ3) is 3.65. The van der Waals surface area contributed by atoms with Crippen molar-refractivity contribution < 1.29 is 5.11 Å². The van der Waals surface area contributed by atoms with Gasteiger partial charge in [-0.15, -0.1) is 0 Å². The van der Waals surface area contributed by atoms with Crippen LogP contribution in [0.25, 0.3) is 0 Å². The van der Waals surface area contributed by atoms with Gasteiger partial charge in [0.25, 0.3) is 0 Å². The van der Waals surface area contributed by atoms with Gasteiger partial charge in [0.2, 0.25) is 0 Å². The van der Waals surface area contributed by atoms with Crippen molar-refractivity contribution in [3.63, 3.8) is 0 Å². The van der Waals surface area contributed by atoms with Gasteiger partial charge in [-0.25, -0.2) is 0 Å². The van der Waals surface area contributed by atoms with Crippen molar-refractivity contribution in [3.05, 3.63) is 33.8 Å². The summed E-state index contributed by atoms with van der Waals surface area (Å²) in [6.07, 6.45) is 2.78. The Hall–Kier alpha value is -0.240. The van der Waals surface area contributed by atoms with Crippen molar-refractivity contribution in [1.82, 2.24) is 0 Å². The van der Waals surface area contributed by atoms with Crippen LogP contribution in [0.15, 0.2) is 18.2 Å². The first-order valence-corrected chi connectivity index (χ1v) is 6.44. The number of benzene rings is 1. The van der Waals surface area contributed by atoms with E-state index in [4.69, 9.17) is 23.2 Å². The summed E-state index contributed by atoms with van der Waals surface area (Å²) in [6, 6.07) is 5.47. The Kier molecular flexibility index (Phi) is 5.60. The molecule has 0 saturated heterocycles. The van der Waals surface area contributed by atoms with E-state index in [2.05, 4.69) is 6.92 Å². The molecule has 1 rings (SSSR count). The monoisotopic (exact) mass is 260 g/mol. The molecule has 2 atom stereocenters. The predicted molar refractivity (Wildman–Crippen MR) is 70.4 cm³/mol. The van der Waals surface area contributed by atoms with Crippen LogP contribution in [0.2, 0.25) is 10.0 Å². The summed E-state index contributed by atoms with van der Waals surface area (Å²) in [7, 11) is 0. The maximum absolute atomic E-state index is 9.79. The van der Waals surface area contributed by atoms with Gasteiger partial charge in [0, 0.05) is 16.0 Å². The average molecular weight is 261 g/mol. The van der Waals surface area contributed by atoms with Gasteiger partial charge in [-0.2, -0.15) is 0 Å². The van der Waals surface area contributed by atoms with Crippen LogP contribution in [0.5, 0.6) is 0 Å². The second kappa shape index (κ2) is 6.48. The smallest absolute Gasteiger partial charge is 0.0581 e. The van der Waals surface area contributed by atoms with E-state index in [0.29, 0.717) is 10.0 Å². The molecule has 0 aliphatic carbocycles. The maximum Gasteiger partial charge on any atom is 0.0581 e. The van der Waals surface area contributed by atoms with Gasteiger partial charge < -0.3 is 5.11 Å². The van der Waals surface area contributed by atoms with Gasteiger partial charge in [0.1, 0.15) is 0 Å². The van der Waals surface area contributed by atoms with Crippen LogP contribution < -0.4 is 0 Å². The second-order valence-corrected chi connectivity index (χ2v) is 5.00. The molecule has 1 N–H and O–H groups in total. The molecule has 0 radical (unpaired) electrons. The highest BCUT2D eigenvalue weighted by molar-refractivity contribution is 6.35. The molecule has 1 nitrogen and oxygen atoms in total. The Morgan fingerprint density at radius 1 is 1.31 bits per heavy atom. The lowest BCUT2D eigenvalue weighted by Crippen LogP contribution is -2.15. The van der Waals surface area contributed by atoms with Crippen molar-refractivity contribution in [2.24, 2.45) is 0 Å². The fraction of sp³-hybridized carbons (Fsp3) is 0.538. The highest BCUT2D eigenvalue weighted by atomic mass is 35.5. The molecule has 0 bridgehead atoms. The van der Waals surface area contributed by atoms with Crippen LogP contribution >= 0.6 is 23.2 Å². The first-order valence-electron chi connectivity index (χ1n) is 5.69. The minimum absolute atomic E-state index is 0.102. The third-order valence-corrected chi connectivity index (χ3v) is 3.38. The van der Waals surface area contributed by atoms with E-state index in [9.17, 15) is 5.11 Å². The molecule has 3 heteroatoms. The molecular weight excluding hydrogens is 243 g/mol. The Labute approximate surface area is 107 Å². The molecule has 0 aliphatic heterocycles. The first-order chi connectivity index (χ1) is 7.56. The maximum atomic E-state index is 9.79. The Balaban J connectivity index is 2.92. The van der Waals surface area contributed by atoms with E-state index in [1.807, 2.05) is 19.1 Å². The lowest BCUT2D eigenvalue weighted by atomic mass is 9.89. The van der Waals surface area contributed by atoms with Gasteiger partial charge in [-0.05, 0) is 31.0 Å². The molecule has 0 spiro atoms. The van der Waals surface area contributed by atoms with Gasteiger partial charge in [-0.3, -0.25) is 0 Å². The van der Waals surface area contributed by atoms with Crippen LogP contribution in [0.3, 0.4) is 0 Å².